The van der Waals surface area contributed by atoms with E-state index in [2.05, 4.69) is 218 Å². The van der Waals surface area contributed by atoms with Crippen molar-refractivity contribution in [3.63, 3.8) is 0 Å². The van der Waals surface area contributed by atoms with E-state index in [0.29, 0.717) is 34.9 Å². The van der Waals surface area contributed by atoms with Gasteiger partial charge < -0.3 is 0 Å². The van der Waals surface area contributed by atoms with E-state index in [0.717, 1.165) is 89.0 Å². The van der Waals surface area contributed by atoms with E-state index in [-0.39, 0.29) is 0 Å². The molecule has 0 saturated carbocycles. The molecule has 0 atom stereocenters. The summed E-state index contributed by atoms with van der Waals surface area (Å²) >= 11 is 0. The summed E-state index contributed by atoms with van der Waals surface area (Å²) in [6.07, 6.45) is 0. The molecule has 0 aliphatic rings. The predicted octanol–water partition coefficient (Wildman–Crippen LogP) is 16.4. The van der Waals surface area contributed by atoms with Crippen molar-refractivity contribution in [3.05, 3.63) is 267 Å². The fourth-order valence-corrected chi connectivity index (χ4v) is 9.31. The molecule has 0 radical (unpaired) electrons. The van der Waals surface area contributed by atoms with Crippen LogP contribution in [0.5, 0.6) is 0 Å². The lowest BCUT2D eigenvalue weighted by molar-refractivity contribution is 1.07. The number of rotatable bonds is 11. The Bertz CT molecular complexity index is 3370. The van der Waals surface area contributed by atoms with Gasteiger partial charge in [0.1, 0.15) is 0 Å². The van der Waals surface area contributed by atoms with Crippen LogP contribution in [0.1, 0.15) is 0 Å². The van der Waals surface area contributed by atoms with Gasteiger partial charge in [0.25, 0.3) is 0 Å². The highest BCUT2D eigenvalue weighted by molar-refractivity contribution is 5.87. The topological polar surface area (TPSA) is 77.3 Å². The number of hydrogen-bond acceptors (Lipinski definition) is 6. The summed E-state index contributed by atoms with van der Waals surface area (Å²) in [5, 5.41) is 0. The number of aromatic nitrogens is 6. The van der Waals surface area contributed by atoms with Gasteiger partial charge in [0.05, 0.1) is 0 Å². The standard InChI is InChI=1S/C66H44N6/c1-5-21-47(22-6-1)53-29-13-17-33-57(53)63-67-61(68-64(71-63)58-34-18-14-30-54(58)48-23-7-2-8-24-48)51-41-37-45(38-42-51)46-39-43-52(44-40-46)62-69-65(59-35-19-15-31-55(59)49-25-9-3-10-26-49)72-66(70-62)60-36-20-16-32-56(60)50-27-11-4-12-28-50/h1-44H. The van der Waals surface area contributed by atoms with Gasteiger partial charge in [-0.25, -0.2) is 29.9 Å². The molecule has 6 heteroatoms. The Kier molecular flexibility index (Phi) is 11.9. The second kappa shape index (κ2) is 19.7. The summed E-state index contributed by atoms with van der Waals surface area (Å²) < 4.78 is 0. The largest absolute Gasteiger partial charge is 0.208 e. The Morgan fingerprint density at radius 2 is 0.306 bits per heavy atom. The van der Waals surface area contributed by atoms with Gasteiger partial charge in [-0.3, -0.25) is 0 Å². The molecule has 0 saturated heterocycles. The molecule has 338 valence electrons. The molecule has 12 aromatic rings. The van der Waals surface area contributed by atoms with Crippen LogP contribution in [-0.2, 0) is 0 Å². The maximum atomic E-state index is 5.22. The second-order valence-electron chi connectivity index (χ2n) is 17.4. The van der Waals surface area contributed by atoms with Crippen LogP contribution in [-0.4, -0.2) is 29.9 Å². The zero-order valence-electron chi connectivity index (χ0n) is 39.1. The first-order chi connectivity index (χ1) is 35.7. The lowest BCUT2D eigenvalue weighted by Gasteiger charge is -2.14. The molecule has 0 aliphatic carbocycles. The fraction of sp³-hybridized carbons (Fsp3) is 0. The molecule has 72 heavy (non-hydrogen) atoms. The van der Waals surface area contributed by atoms with Gasteiger partial charge in [-0.15, -0.1) is 0 Å². The van der Waals surface area contributed by atoms with Crippen molar-refractivity contribution in [2.45, 2.75) is 0 Å². The number of hydrogen-bond donors (Lipinski definition) is 0. The van der Waals surface area contributed by atoms with E-state index >= 15 is 0 Å². The van der Waals surface area contributed by atoms with Gasteiger partial charge in [-0.05, 0) is 55.6 Å². The van der Waals surface area contributed by atoms with Gasteiger partial charge in [0.2, 0.25) is 0 Å². The van der Waals surface area contributed by atoms with Crippen LogP contribution >= 0.6 is 0 Å². The lowest BCUT2D eigenvalue weighted by atomic mass is 9.98. The molecule has 0 N–H and O–H groups in total. The van der Waals surface area contributed by atoms with Gasteiger partial charge in [-0.1, -0.05) is 267 Å². The Morgan fingerprint density at radius 3 is 0.542 bits per heavy atom. The van der Waals surface area contributed by atoms with E-state index in [1.165, 1.54) is 0 Å². The quantitative estimate of drug-likeness (QED) is 0.129. The van der Waals surface area contributed by atoms with E-state index in [1.54, 1.807) is 0 Å². The molecule has 0 spiro atoms. The van der Waals surface area contributed by atoms with Crippen LogP contribution in [0.4, 0.5) is 0 Å². The van der Waals surface area contributed by atoms with Crippen molar-refractivity contribution in [2.24, 2.45) is 0 Å². The third-order valence-corrected chi connectivity index (χ3v) is 12.9. The average molecular weight is 921 g/mol. The summed E-state index contributed by atoms with van der Waals surface area (Å²) in [6.45, 7) is 0. The van der Waals surface area contributed by atoms with E-state index in [4.69, 9.17) is 29.9 Å². The van der Waals surface area contributed by atoms with Crippen LogP contribution in [0.25, 0.3) is 124 Å². The van der Waals surface area contributed by atoms with Crippen molar-refractivity contribution >= 4 is 0 Å². The summed E-state index contributed by atoms with van der Waals surface area (Å²) in [4.78, 5) is 31.2. The smallest absolute Gasteiger partial charge is 0.164 e. The van der Waals surface area contributed by atoms with Gasteiger partial charge >= 0.3 is 0 Å². The molecule has 12 rings (SSSR count). The van der Waals surface area contributed by atoms with Crippen LogP contribution in [0, 0.1) is 0 Å². The van der Waals surface area contributed by atoms with Gasteiger partial charge in [-0.2, -0.15) is 0 Å². The SMILES string of the molecule is c1ccc(-c2ccccc2-c2nc(-c3ccc(-c4ccc(-c5nc(-c6ccccc6-c6ccccc6)nc(-c6ccccc6-c6ccccc6)n5)cc4)cc3)nc(-c3ccccc3-c3ccccc3)n2)cc1. The number of nitrogens with zero attached hydrogens (tertiary/aromatic N) is 6. The van der Waals surface area contributed by atoms with Gasteiger partial charge in [0, 0.05) is 33.4 Å². The van der Waals surface area contributed by atoms with Gasteiger partial charge in [0.15, 0.2) is 34.9 Å². The molecule has 0 aliphatic heterocycles. The average Bonchev–Trinajstić information content (AvgIpc) is 3.48. The van der Waals surface area contributed by atoms with E-state index < -0.39 is 0 Å². The third kappa shape index (κ3) is 8.88. The molecule has 0 fully saturated rings. The van der Waals surface area contributed by atoms with Crippen molar-refractivity contribution in [1.29, 1.82) is 0 Å². The second-order valence-corrected chi connectivity index (χ2v) is 17.4. The highest BCUT2D eigenvalue weighted by Gasteiger charge is 2.20. The molecular weight excluding hydrogens is 877 g/mol. The first-order valence-corrected chi connectivity index (χ1v) is 24.0. The van der Waals surface area contributed by atoms with Crippen LogP contribution in [0.2, 0.25) is 0 Å². The van der Waals surface area contributed by atoms with Crippen LogP contribution in [0.3, 0.4) is 0 Å². The van der Waals surface area contributed by atoms with Crippen molar-refractivity contribution in [1.82, 2.24) is 29.9 Å². The maximum Gasteiger partial charge on any atom is 0.164 e. The van der Waals surface area contributed by atoms with Crippen LogP contribution in [0.15, 0.2) is 267 Å². The molecular formula is C66H44N6. The highest BCUT2D eigenvalue weighted by Crippen LogP contribution is 2.38. The Hall–Kier alpha value is -9.78. The summed E-state index contributed by atoms with van der Waals surface area (Å²) in [5.41, 5.74) is 16.2. The summed E-state index contributed by atoms with van der Waals surface area (Å²) in [6, 6.07) is 91.7. The van der Waals surface area contributed by atoms with Crippen molar-refractivity contribution in [2.75, 3.05) is 0 Å². The Labute approximate surface area is 418 Å². The molecule has 10 aromatic carbocycles. The maximum absolute atomic E-state index is 5.22. The minimum absolute atomic E-state index is 0.590. The zero-order valence-corrected chi connectivity index (χ0v) is 39.1. The predicted molar refractivity (Wildman–Crippen MR) is 293 cm³/mol. The minimum atomic E-state index is 0.590. The summed E-state index contributed by atoms with van der Waals surface area (Å²) in [7, 11) is 0. The normalized spacial score (nSPS) is 11.1. The molecule has 0 amide bonds. The summed E-state index contributed by atoms with van der Waals surface area (Å²) in [5.74, 6) is 3.60. The lowest BCUT2D eigenvalue weighted by Crippen LogP contribution is -2.02. The first-order valence-electron chi connectivity index (χ1n) is 24.0. The Balaban J connectivity index is 0.924. The zero-order chi connectivity index (χ0) is 48.1. The number of benzene rings is 10. The molecule has 2 heterocycles. The first kappa shape index (κ1) is 43.5. The van der Waals surface area contributed by atoms with Crippen molar-refractivity contribution in [3.8, 4) is 124 Å². The van der Waals surface area contributed by atoms with E-state index in [1.807, 2.05) is 48.5 Å². The molecule has 6 nitrogen and oxygen atoms in total. The molecule has 0 bridgehead atoms. The third-order valence-electron chi connectivity index (χ3n) is 12.9. The fourth-order valence-electron chi connectivity index (χ4n) is 9.31. The van der Waals surface area contributed by atoms with Crippen molar-refractivity contribution < 1.29 is 0 Å². The van der Waals surface area contributed by atoms with E-state index in [9.17, 15) is 0 Å². The Morgan fingerprint density at radius 1 is 0.125 bits per heavy atom. The molecule has 0 unspecified atom stereocenters. The highest BCUT2D eigenvalue weighted by atomic mass is 15.0. The monoisotopic (exact) mass is 920 g/mol. The van der Waals surface area contributed by atoms with Crippen LogP contribution < -0.4 is 0 Å². The minimum Gasteiger partial charge on any atom is -0.208 e. The molecule has 2 aromatic heterocycles.